The first-order valence-corrected chi connectivity index (χ1v) is 10.7. The fourth-order valence-corrected chi connectivity index (χ4v) is 3.91. The molecule has 166 valence electrons. The minimum atomic E-state index is 0. The molecule has 0 aromatic heterocycles. The second-order valence-electron chi connectivity index (χ2n) is 7.65. The highest BCUT2D eigenvalue weighted by molar-refractivity contribution is 14.0. The van der Waals surface area contributed by atoms with E-state index in [4.69, 9.17) is 9.47 Å². The van der Waals surface area contributed by atoms with E-state index in [1.807, 2.05) is 7.05 Å². The number of rotatable bonds is 9. The van der Waals surface area contributed by atoms with E-state index in [9.17, 15) is 0 Å². The third-order valence-corrected chi connectivity index (χ3v) is 5.83. The van der Waals surface area contributed by atoms with Gasteiger partial charge in [0, 0.05) is 79.2 Å². The van der Waals surface area contributed by atoms with Gasteiger partial charge in [0.2, 0.25) is 0 Å². The quantitative estimate of drug-likeness (QED) is 0.220. The first-order chi connectivity index (χ1) is 13.2. The van der Waals surface area contributed by atoms with E-state index in [2.05, 4.69) is 38.9 Å². The number of methoxy groups -OCH3 is 1. The number of halogens is 1. The maximum Gasteiger partial charge on any atom is 0.193 e. The van der Waals surface area contributed by atoms with Crippen LogP contribution in [0.5, 0.6) is 0 Å². The summed E-state index contributed by atoms with van der Waals surface area (Å²) in [6.07, 6.45) is 3.50. The molecule has 0 aromatic rings. The predicted molar refractivity (Wildman–Crippen MR) is 127 cm³/mol. The van der Waals surface area contributed by atoms with Crippen molar-refractivity contribution in [3.63, 3.8) is 0 Å². The van der Waals surface area contributed by atoms with Gasteiger partial charge >= 0.3 is 0 Å². The zero-order chi connectivity index (χ0) is 19.5. The van der Waals surface area contributed by atoms with Gasteiger partial charge < -0.3 is 24.6 Å². The molecule has 28 heavy (non-hydrogen) atoms. The van der Waals surface area contributed by atoms with E-state index in [-0.39, 0.29) is 24.0 Å². The van der Waals surface area contributed by atoms with Gasteiger partial charge in [-0.15, -0.1) is 24.0 Å². The Morgan fingerprint density at radius 2 is 1.79 bits per heavy atom. The van der Waals surface area contributed by atoms with Crippen molar-refractivity contribution in [1.82, 2.24) is 20.0 Å². The van der Waals surface area contributed by atoms with E-state index < -0.39 is 0 Å². The molecular formula is C20H42IN5O2. The number of hydrogen-bond donors (Lipinski definition) is 1. The molecule has 2 aliphatic rings. The molecule has 0 aromatic carbocycles. The average Bonchev–Trinajstić information content (AvgIpc) is 2.72. The first kappa shape index (κ1) is 25.9. The topological polar surface area (TPSA) is 52.6 Å². The molecule has 2 heterocycles. The molecule has 0 spiro atoms. The summed E-state index contributed by atoms with van der Waals surface area (Å²) in [7, 11) is 3.63. The number of ether oxygens (including phenoxy) is 2. The van der Waals surface area contributed by atoms with Gasteiger partial charge in [0.05, 0.1) is 6.10 Å². The van der Waals surface area contributed by atoms with Crippen LogP contribution in [0.25, 0.3) is 0 Å². The fraction of sp³-hybridized carbons (Fsp3) is 0.950. The summed E-state index contributed by atoms with van der Waals surface area (Å²) < 4.78 is 11.0. The van der Waals surface area contributed by atoms with Gasteiger partial charge in [-0.3, -0.25) is 9.89 Å². The zero-order valence-electron chi connectivity index (χ0n) is 18.4. The Balaban J connectivity index is 0.00000392. The van der Waals surface area contributed by atoms with Gasteiger partial charge in [-0.05, 0) is 32.7 Å². The van der Waals surface area contributed by atoms with Crippen molar-refractivity contribution in [3.8, 4) is 0 Å². The standard InChI is InChI=1S/C20H41N5O2.HI/c1-5-23-11-13-24(14-12-23)18(2)17-22-20(21-3)25-9-7-19(8-10-25)27-16-6-15-26-4;/h18-19H,5-17H2,1-4H3,(H,21,22);1H. The number of guanidine groups is 1. The minimum Gasteiger partial charge on any atom is -0.385 e. The van der Waals surface area contributed by atoms with Crippen LogP contribution in [0.2, 0.25) is 0 Å². The smallest absolute Gasteiger partial charge is 0.193 e. The van der Waals surface area contributed by atoms with Crippen molar-refractivity contribution in [2.45, 2.75) is 45.3 Å². The molecule has 0 radical (unpaired) electrons. The van der Waals surface area contributed by atoms with Crippen LogP contribution in [-0.4, -0.2) is 113 Å². The molecule has 7 nitrogen and oxygen atoms in total. The Kier molecular flexibility index (Phi) is 13.6. The molecular weight excluding hydrogens is 469 g/mol. The third-order valence-electron chi connectivity index (χ3n) is 5.83. The van der Waals surface area contributed by atoms with Crippen LogP contribution >= 0.6 is 24.0 Å². The van der Waals surface area contributed by atoms with Crippen LogP contribution in [0.3, 0.4) is 0 Å². The number of aliphatic imine (C=N–C) groups is 1. The van der Waals surface area contributed by atoms with Gasteiger partial charge in [-0.2, -0.15) is 0 Å². The SMILES string of the molecule is CCN1CCN(C(C)CNC(=NC)N2CCC(OCCCOC)CC2)CC1.I. The number of piperazine rings is 1. The van der Waals surface area contributed by atoms with Crippen LogP contribution in [-0.2, 0) is 9.47 Å². The van der Waals surface area contributed by atoms with Gasteiger partial charge in [-0.1, -0.05) is 6.92 Å². The molecule has 2 aliphatic heterocycles. The molecule has 0 aliphatic carbocycles. The minimum absolute atomic E-state index is 0. The Morgan fingerprint density at radius 1 is 1.11 bits per heavy atom. The number of nitrogens with one attached hydrogen (secondary N) is 1. The van der Waals surface area contributed by atoms with Crippen molar-refractivity contribution >= 4 is 29.9 Å². The summed E-state index contributed by atoms with van der Waals surface area (Å²) in [6, 6.07) is 0.530. The molecule has 2 fully saturated rings. The van der Waals surface area contributed by atoms with Crippen LogP contribution in [0, 0.1) is 0 Å². The van der Waals surface area contributed by atoms with Crippen molar-refractivity contribution in [2.24, 2.45) is 4.99 Å². The highest BCUT2D eigenvalue weighted by Gasteiger charge is 2.24. The molecule has 0 amide bonds. The van der Waals surface area contributed by atoms with Gasteiger partial charge in [-0.25, -0.2) is 0 Å². The van der Waals surface area contributed by atoms with E-state index >= 15 is 0 Å². The highest BCUT2D eigenvalue weighted by Crippen LogP contribution is 2.14. The van der Waals surface area contributed by atoms with E-state index in [1.165, 1.54) is 32.7 Å². The van der Waals surface area contributed by atoms with E-state index in [1.54, 1.807) is 7.11 Å². The average molecular weight is 511 g/mol. The van der Waals surface area contributed by atoms with E-state index in [0.717, 1.165) is 58.1 Å². The zero-order valence-corrected chi connectivity index (χ0v) is 20.7. The normalized spacial score (nSPS) is 21.4. The molecule has 0 saturated carbocycles. The Morgan fingerprint density at radius 3 is 2.36 bits per heavy atom. The summed E-state index contributed by atoms with van der Waals surface area (Å²) in [5.74, 6) is 1.03. The van der Waals surface area contributed by atoms with E-state index in [0.29, 0.717) is 12.1 Å². The van der Waals surface area contributed by atoms with Gasteiger partial charge in [0.15, 0.2) is 5.96 Å². The number of hydrogen-bond acceptors (Lipinski definition) is 5. The van der Waals surface area contributed by atoms with Gasteiger partial charge in [0.1, 0.15) is 0 Å². The van der Waals surface area contributed by atoms with Crippen LogP contribution in [0.15, 0.2) is 4.99 Å². The number of piperidine rings is 1. The van der Waals surface area contributed by atoms with Crippen LogP contribution in [0.4, 0.5) is 0 Å². The Hall–Kier alpha value is -0.160. The summed E-state index contributed by atoms with van der Waals surface area (Å²) in [4.78, 5) is 12.0. The lowest BCUT2D eigenvalue weighted by atomic mass is 10.1. The molecule has 8 heteroatoms. The lowest BCUT2D eigenvalue weighted by molar-refractivity contribution is 0.00983. The molecule has 1 atom stereocenters. The fourth-order valence-electron chi connectivity index (χ4n) is 3.91. The molecule has 1 unspecified atom stereocenters. The van der Waals surface area contributed by atoms with Crippen LogP contribution in [0.1, 0.15) is 33.1 Å². The first-order valence-electron chi connectivity index (χ1n) is 10.7. The predicted octanol–water partition coefficient (Wildman–Crippen LogP) is 1.72. The molecule has 2 rings (SSSR count). The molecule has 0 bridgehead atoms. The Bertz CT molecular complexity index is 425. The summed E-state index contributed by atoms with van der Waals surface area (Å²) in [5.41, 5.74) is 0. The Labute approximate surface area is 189 Å². The molecule has 1 N–H and O–H groups in total. The number of likely N-dealkylation sites (tertiary alicyclic amines) is 1. The maximum absolute atomic E-state index is 5.96. The maximum atomic E-state index is 5.96. The monoisotopic (exact) mass is 511 g/mol. The van der Waals surface area contributed by atoms with Crippen molar-refractivity contribution in [3.05, 3.63) is 0 Å². The van der Waals surface area contributed by atoms with Gasteiger partial charge in [0.25, 0.3) is 0 Å². The number of nitrogens with zero attached hydrogens (tertiary/aromatic N) is 4. The van der Waals surface area contributed by atoms with Crippen molar-refractivity contribution < 1.29 is 9.47 Å². The lowest BCUT2D eigenvalue weighted by Gasteiger charge is -2.38. The van der Waals surface area contributed by atoms with Crippen LogP contribution < -0.4 is 5.32 Å². The summed E-state index contributed by atoms with van der Waals surface area (Å²) in [5, 5.41) is 3.60. The van der Waals surface area contributed by atoms with Crippen molar-refractivity contribution in [2.75, 3.05) is 79.7 Å². The number of likely N-dealkylation sites (N-methyl/N-ethyl adjacent to an activating group) is 1. The molecule has 2 saturated heterocycles. The lowest BCUT2D eigenvalue weighted by Crippen LogP contribution is -2.54. The van der Waals surface area contributed by atoms with Crippen molar-refractivity contribution in [1.29, 1.82) is 0 Å². The second-order valence-corrected chi connectivity index (χ2v) is 7.65. The highest BCUT2D eigenvalue weighted by atomic mass is 127. The summed E-state index contributed by atoms with van der Waals surface area (Å²) >= 11 is 0. The largest absolute Gasteiger partial charge is 0.385 e. The second kappa shape index (κ2) is 14.8. The third kappa shape index (κ3) is 8.69. The summed E-state index contributed by atoms with van der Waals surface area (Å²) in [6.45, 7) is 15.0.